The standard InChI is InChI=1S/C21H30N2O/c1-21(2,3)20(24)23-14-12-17(16-9-6-5-7-10-16)18(15-23)19-11-8-13-22(19)4/h5-7,9-10,15,17,19H,8,11-14H2,1-4H3/t17-,19+/m1/s1. The van der Waals surface area contributed by atoms with E-state index in [-0.39, 0.29) is 11.3 Å². The molecular formula is C21H30N2O. The van der Waals surface area contributed by atoms with E-state index in [0.717, 1.165) is 19.5 Å². The fourth-order valence-electron chi connectivity index (χ4n) is 4.05. The molecule has 130 valence electrons. The van der Waals surface area contributed by atoms with Crippen LogP contribution in [0, 0.1) is 5.41 Å². The van der Waals surface area contributed by atoms with Gasteiger partial charge in [-0.25, -0.2) is 0 Å². The highest BCUT2D eigenvalue weighted by Gasteiger charge is 2.36. The van der Waals surface area contributed by atoms with Gasteiger partial charge in [-0.05, 0) is 44.0 Å². The highest BCUT2D eigenvalue weighted by molar-refractivity contribution is 5.82. The number of benzene rings is 1. The molecule has 24 heavy (non-hydrogen) atoms. The molecule has 3 heteroatoms. The lowest BCUT2D eigenvalue weighted by Gasteiger charge is -2.38. The van der Waals surface area contributed by atoms with Crippen molar-refractivity contribution in [1.29, 1.82) is 0 Å². The topological polar surface area (TPSA) is 23.6 Å². The van der Waals surface area contributed by atoms with Gasteiger partial charge in [-0.1, -0.05) is 51.1 Å². The number of carbonyl (C=O) groups excluding carboxylic acids is 1. The van der Waals surface area contributed by atoms with E-state index in [1.165, 1.54) is 24.0 Å². The first kappa shape index (κ1) is 17.2. The summed E-state index contributed by atoms with van der Waals surface area (Å²) in [6, 6.07) is 11.2. The van der Waals surface area contributed by atoms with E-state index in [4.69, 9.17) is 0 Å². The Kier molecular flexibility index (Phi) is 4.82. The van der Waals surface area contributed by atoms with Crippen molar-refractivity contribution in [2.24, 2.45) is 5.41 Å². The van der Waals surface area contributed by atoms with Crippen LogP contribution in [-0.4, -0.2) is 41.9 Å². The van der Waals surface area contributed by atoms with Crippen LogP contribution < -0.4 is 0 Å². The van der Waals surface area contributed by atoms with Crippen molar-refractivity contribution in [2.75, 3.05) is 20.1 Å². The van der Waals surface area contributed by atoms with E-state index in [9.17, 15) is 4.79 Å². The number of amides is 1. The molecule has 2 aliphatic heterocycles. The molecule has 1 aromatic rings. The Balaban J connectivity index is 1.95. The number of carbonyl (C=O) groups is 1. The first-order valence-corrected chi connectivity index (χ1v) is 9.16. The molecule has 2 aliphatic rings. The van der Waals surface area contributed by atoms with E-state index in [2.05, 4.69) is 48.5 Å². The molecule has 0 aromatic heterocycles. The predicted molar refractivity (Wildman–Crippen MR) is 98.7 cm³/mol. The summed E-state index contributed by atoms with van der Waals surface area (Å²) in [5.41, 5.74) is 2.47. The molecule has 0 N–H and O–H groups in total. The molecule has 1 saturated heterocycles. The third-order valence-corrected chi connectivity index (χ3v) is 5.38. The molecule has 0 saturated carbocycles. The summed E-state index contributed by atoms with van der Waals surface area (Å²) < 4.78 is 0. The summed E-state index contributed by atoms with van der Waals surface area (Å²) in [4.78, 5) is 17.2. The third kappa shape index (κ3) is 3.41. The second-order valence-electron chi connectivity index (χ2n) is 8.27. The van der Waals surface area contributed by atoms with Crippen LogP contribution in [0.2, 0.25) is 0 Å². The number of nitrogens with zero attached hydrogens (tertiary/aromatic N) is 2. The smallest absolute Gasteiger partial charge is 0.231 e. The average Bonchev–Trinajstić information content (AvgIpc) is 2.99. The van der Waals surface area contributed by atoms with Crippen LogP contribution in [-0.2, 0) is 4.79 Å². The lowest BCUT2D eigenvalue weighted by atomic mass is 9.81. The van der Waals surface area contributed by atoms with Gasteiger partial charge in [-0.15, -0.1) is 0 Å². The minimum Gasteiger partial charge on any atom is -0.319 e. The second kappa shape index (κ2) is 6.72. The zero-order valence-electron chi connectivity index (χ0n) is 15.5. The van der Waals surface area contributed by atoms with Gasteiger partial charge in [-0.2, -0.15) is 0 Å². The van der Waals surface area contributed by atoms with Gasteiger partial charge in [0, 0.05) is 30.1 Å². The Morgan fingerprint density at radius 2 is 1.79 bits per heavy atom. The van der Waals surface area contributed by atoms with E-state index in [0.29, 0.717) is 12.0 Å². The van der Waals surface area contributed by atoms with Crippen molar-refractivity contribution in [3.05, 3.63) is 47.7 Å². The fraction of sp³-hybridized carbons (Fsp3) is 0.571. The van der Waals surface area contributed by atoms with Crippen molar-refractivity contribution in [3.8, 4) is 0 Å². The zero-order chi connectivity index (χ0) is 17.3. The van der Waals surface area contributed by atoms with Crippen LogP contribution in [0.1, 0.15) is 51.5 Å². The molecule has 0 spiro atoms. The molecule has 1 aromatic carbocycles. The van der Waals surface area contributed by atoms with Crippen molar-refractivity contribution in [3.63, 3.8) is 0 Å². The van der Waals surface area contributed by atoms with Gasteiger partial charge in [0.25, 0.3) is 0 Å². The molecule has 0 radical (unpaired) electrons. The summed E-state index contributed by atoms with van der Waals surface area (Å²) in [5, 5.41) is 0. The summed E-state index contributed by atoms with van der Waals surface area (Å²) >= 11 is 0. The van der Waals surface area contributed by atoms with E-state index in [1.54, 1.807) is 0 Å². The highest BCUT2D eigenvalue weighted by Crippen LogP contribution is 2.39. The molecule has 2 heterocycles. The molecule has 0 unspecified atom stereocenters. The van der Waals surface area contributed by atoms with Crippen LogP contribution in [0.25, 0.3) is 0 Å². The maximum atomic E-state index is 12.8. The number of hydrogen-bond donors (Lipinski definition) is 0. The lowest BCUT2D eigenvalue weighted by Crippen LogP contribution is -2.42. The van der Waals surface area contributed by atoms with Crippen LogP contribution >= 0.6 is 0 Å². The van der Waals surface area contributed by atoms with E-state index >= 15 is 0 Å². The van der Waals surface area contributed by atoms with E-state index in [1.807, 2.05) is 25.7 Å². The van der Waals surface area contributed by atoms with Crippen LogP contribution in [0.3, 0.4) is 0 Å². The monoisotopic (exact) mass is 326 g/mol. The van der Waals surface area contributed by atoms with Crippen LogP contribution in [0.15, 0.2) is 42.1 Å². The first-order chi connectivity index (χ1) is 11.4. The maximum Gasteiger partial charge on any atom is 0.231 e. The summed E-state index contributed by atoms with van der Waals surface area (Å²) in [5.74, 6) is 0.660. The second-order valence-corrected chi connectivity index (χ2v) is 8.27. The first-order valence-electron chi connectivity index (χ1n) is 9.16. The lowest BCUT2D eigenvalue weighted by molar-refractivity contribution is -0.137. The SMILES string of the molecule is CN1CCC[C@H]1C1=CN(C(=O)C(C)(C)C)CC[C@@H]1c1ccccc1. The molecule has 1 fully saturated rings. The van der Waals surface area contributed by atoms with Crippen molar-refractivity contribution < 1.29 is 4.79 Å². The minimum atomic E-state index is -0.331. The van der Waals surface area contributed by atoms with Gasteiger partial charge in [-0.3, -0.25) is 9.69 Å². The van der Waals surface area contributed by atoms with Gasteiger partial charge in [0.15, 0.2) is 0 Å². The normalized spacial score (nSPS) is 25.7. The van der Waals surface area contributed by atoms with Crippen molar-refractivity contribution >= 4 is 5.91 Å². The van der Waals surface area contributed by atoms with Crippen molar-refractivity contribution in [2.45, 2.75) is 52.0 Å². The summed E-state index contributed by atoms with van der Waals surface area (Å²) in [7, 11) is 2.21. The highest BCUT2D eigenvalue weighted by atomic mass is 16.2. The Hall–Kier alpha value is -1.61. The minimum absolute atomic E-state index is 0.229. The quantitative estimate of drug-likeness (QED) is 0.819. The third-order valence-electron chi connectivity index (χ3n) is 5.38. The van der Waals surface area contributed by atoms with E-state index < -0.39 is 0 Å². The average molecular weight is 326 g/mol. The molecule has 1 amide bonds. The Morgan fingerprint density at radius 3 is 2.38 bits per heavy atom. The van der Waals surface area contributed by atoms with Gasteiger partial charge < -0.3 is 4.90 Å². The number of rotatable bonds is 2. The molecule has 3 nitrogen and oxygen atoms in total. The largest absolute Gasteiger partial charge is 0.319 e. The van der Waals surface area contributed by atoms with Gasteiger partial charge >= 0.3 is 0 Å². The molecule has 2 atom stereocenters. The Labute approximate surface area is 146 Å². The molecular weight excluding hydrogens is 296 g/mol. The Morgan fingerprint density at radius 1 is 1.08 bits per heavy atom. The predicted octanol–water partition coefficient (Wildman–Crippen LogP) is 4.03. The Bertz CT molecular complexity index is 614. The van der Waals surface area contributed by atoms with Crippen LogP contribution in [0.4, 0.5) is 0 Å². The van der Waals surface area contributed by atoms with Crippen LogP contribution in [0.5, 0.6) is 0 Å². The van der Waals surface area contributed by atoms with Gasteiger partial charge in [0.1, 0.15) is 0 Å². The molecule has 0 aliphatic carbocycles. The number of likely N-dealkylation sites (N-methyl/N-ethyl adjacent to an activating group) is 1. The number of hydrogen-bond acceptors (Lipinski definition) is 2. The molecule has 0 bridgehead atoms. The number of likely N-dealkylation sites (tertiary alicyclic amines) is 1. The maximum absolute atomic E-state index is 12.8. The zero-order valence-corrected chi connectivity index (χ0v) is 15.5. The molecule has 3 rings (SSSR count). The fourth-order valence-corrected chi connectivity index (χ4v) is 4.05. The van der Waals surface area contributed by atoms with Gasteiger partial charge in [0.2, 0.25) is 5.91 Å². The summed E-state index contributed by atoms with van der Waals surface area (Å²) in [6.45, 7) is 7.99. The van der Waals surface area contributed by atoms with Gasteiger partial charge in [0.05, 0.1) is 0 Å². The summed E-state index contributed by atoms with van der Waals surface area (Å²) in [6.07, 6.45) is 5.64. The van der Waals surface area contributed by atoms with Crippen molar-refractivity contribution in [1.82, 2.24) is 9.80 Å².